The Balaban J connectivity index is 2.61. The molecular weight excluding hydrogens is 284 g/mol. The van der Waals surface area contributed by atoms with E-state index >= 15 is 0 Å². The van der Waals surface area contributed by atoms with Gasteiger partial charge in [0.2, 0.25) is 0 Å². The lowest BCUT2D eigenvalue weighted by Crippen LogP contribution is -2.39. The number of allylic oxidation sites excluding steroid dienone is 1. The van der Waals surface area contributed by atoms with Crippen molar-refractivity contribution in [2.24, 2.45) is 17.8 Å². The van der Waals surface area contributed by atoms with Crippen molar-refractivity contribution in [2.45, 2.75) is 53.1 Å². The summed E-state index contributed by atoms with van der Waals surface area (Å²) in [6.07, 6.45) is 2.26. The molecule has 126 valence electrons. The quantitative estimate of drug-likeness (QED) is 0.577. The molecule has 22 heavy (non-hydrogen) atoms. The van der Waals surface area contributed by atoms with Gasteiger partial charge < -0.3 is 14.6 Å². The van der Waals surface area contributed by atoms with Crippen molar-refractivity contribution in [3.05, 3.63) is 11.6 Å². The van der Waals surface area contributed by atoms with Gasteiger partial charge in [-0.3, -0.25) is 4.79 Å². The van der Waals surface area contributed by atoms with Gasteiger partial charge in [0.1, 0.15) is 6.61 Å². The van der Waals surface area contributed by atoms with Crippen molar-refractivity contribution in [1.29, 1.82) is 0 Å². The number of cyclic esters (lactones) is 1. The molecule has 1 unspecified atom stereocenters. The molecule has 0 bridgehead atoms. The van der Waals surface area contributed by atoms with Gasteiger partial charge in [0.05, 0.1) is 6.61 Å². The number of rotatable bonds is 7. The van der Waals surface area contributed by atoms with Crippen LogP contribution in [0, 0.1) is 17.8 Å². The van der Waals surface area contributed by atoms with Gasteiger partial charge in [-0.2, -0.15) is 0 Å². The number of carbonyl (C=O) groups excluding carboxylic acids is 2. The smallest absolute Gasteiger partial charge is 0.334 e. The van der Waals surface area contributed by atoms with Crippen molar-refractivity contribution in [3.63, 3.8) is 0 Å². The van der Waals surface area contributed by atoms with E-state index < -0.39 is 11.6 Å². The molecule has 0 aromatic heterocycles. The van der Waals surface area contributed by atoms with Crippen molar-refractivity contribution in [1.82, 2.24) is 0 Å². The van der Waals surface area contributed by atoms with Gasteiger partial charge in [0.25, 0.3) is 0 Å². The summed E-state index contributed by atoms with van der Waals surface area (Å²) in [5.74, 6) is 0.256. The second kappa shape index (κ2) is 7.77. The normalized spacial score (nSPS) is 23.7. The standard InChI is InChI=1S/C17H28O5/c1-6-13-8-17(9-18,22-16(13)20)10-21-15(19)7-14(11(2)3)12(4)5/h6,11-12,14,18H,7-10H2,1-5H3/b13-6+. The van der Waals surface area contributed by atoms with Crippen LogP contribution in [-0.4, -0.2) is 35.9 Å². The maximum absolute atomic E-state index is 12.1. The van der Waals surface area contributed by atoms with E-state index in [0.717, 1.165) is 0 Å². The van der Waals surface area contributed by atoms with Gasteiger partial charge in [0.15, 0.2) is 5.60 Å². The minimum absolute atomic E-state index is 0.103. The Hall–Kier alpha value is -1.36. The van der Waals surface area contributed by atoms with Gasteiger partial charge in [-0.1, -0.05) is 33.8 Å². The van der Waals surface area contributed by atoms with Crippen molar-refractivity contribution in [2.75, 3.05) is 13.2 Å². The molecule has 0 aromatic rings. The number of hydrogen-bond acceptors (Lipinski definition) is 5. The molecule has 0 amide bonds. The third-order valence-corrected chi connectivity index (χ3v) is 4.33. The Kier molecular flexibility index (Phi) is 6.60. The molecule has 0 saturated carbocycles. The Morgan fingerprint density at radius 2 is 1.95 bits per heavy atom. The highest BCUT2D eigenvalue weighted by Crippen LogP contribution is 2.31. The van der Waals surface area contributed by atoms with Crippen LogP contribution in [-0.2, 0) is 19.1 Å². The van der Waals surface area contributed by atoms with Crippen LogP contribution in [0.5, 0.6) is 0 Å². The molecule has 1 saturated heterocycles. The van der Waals surface area contributed by atoms with Crippen molar-refractivity contribution in [3.8, 4) is 0 Å². The summed E-state index contributed by atoms with van der Waals surface area (Å²) >= 11 is 0. The minimum Gasteiger partial charge on any atom is -0.461 e. The number of aliphatic hydroxyl groups excluding tert-OH is 1. The second-order valence-corrected chi connectivity index (χ2v) is 6.74. The number of carbonyl (C=O) groups is 2. The molecule has 5 nitrogen and oxygen atoms in total. The maximum Gasteiger partial charge on any atom is 0.334 e. The zero-order valence-electron chi connectivity index (χ0n) is 14.2. The van der Waals surface area contributed by atoms with Crippen LogP contribution in [0.2, 0.25) is 0 Å². The van der Waals surface area contributed by atoms with Gasteiger partial charge in [0, 0.05) is 18.4 Å². The van der Waals surface area contributed by atoms with E-state index in [4.69, 9.17) is 9.47 Å². The second-order valence-electron chi connectivity index (χ2n) is 6.74. The first-order valence-corrected chi connectivity index (χ1v) is 7.89. The largest absolute Gasteiger partial charge is 0.461 e. The van der Waals surface area contributed by atoms with Gasteiger partial charge in [-0.05, 0) is 24.7 Å². The topological polar surface area (TPSA) is 72.8 Å². The maximum atomic E-state index is 12.1. The van der Waals surface area contributed by atoms with Crippen LogP contribution >= 0.6 is 0 Å². The average molecular weight is 312 g/mol. The summed E-state index contributed by atoms with van der Waals surface area (Å²) in [5.41, 5.74) is -0.618. The van der Waals surface area contributed by atoms with Crippen LogP contribution in [0.15, 0.2) is 11.6 Å². The molecule has 1 heterocycles. The SMILES string of the molecule is C/C=C1\CC(CO)(COC(=O)CC(C(C)C)C(C)C)OC1=O. The number of hydrogen-bond donors (Lipinski definition) is 1. The van der Waals surface area contributed by atoms with Crippen molar-refractivity contribution >= 4 is 11.9 Å². The van der Waals surface area contributed by atoms with Gasteiger partial charge >= 0.3 is 11.9 Å². The third-order valence-electron chi connectivity index (χ3n) is 4.33. The van der Waals surface area contributed by atoms with Gasteiger partial charge in [-0.15, -0.1) is 0 Å². The molecule has 0 spiro atoms. The summed E-state index contributed by atoms with van der Waals surface area (Å²) in [7, 11) is 0. The first-order chi connectivity index (χ1) is 10.2. The summed E-state index contributed by atoms with van der Waals surface area (Å²) < 4.78 is 10.5. The van der Waals surface area contributed by atoms with E-state index in [2.05, 4.69) is 27.7 Å². The lowest BCUT2D eigenvalue weighted by atomic mass is 9.83. The lowest BCUT2D eigenvalue weighted by Gasteiger charge is -2.26. The van der Waals surface area contributed by atoms with Crippen LogP contribution < -0.4 is 0 Å². The summed E-state index contributed by atoms with van der Waals surface area (Å²) in [5, 5.41) is 9.52. The van der Waals surface area contributed by atoms with Crippen LogP contribution in [0.25, 0.3) is 0 Å². The molecule has 1 atom stereocenters. The van der Waals surface area contributed by atoms with E-state index in [0.29, 0.717) is 23.8 Å². The number of ether oxygens (including phenoxy) is 2. The molecule has 0 radical (unpaired) electrons. The number of aliphatic hydroxyl groups is 1. The van der Waals surface area contributed by atoms with Crippen LogP contribution in [0.4, 0.5) is 0 Å². The fourth-order valence-electron chi connectivity index (χ4n) is 2.86. The van der Waals surface area contributed by atoms with E-state index in [9.17, 15) is 14.7 Å². The van der Waals surface area contributed by atoms with E-state index in [1.807, 2.05) is 0 Å². The predicted molar refractivity (Wildman–Crippen MR) is 83.0 cm³/mol. The summed E-state index contributed by atoms with van der Waals surface area (Å²) in [4.78, 5) is 23.7. The fourth-order valence-corrected chi connectivity index (χ4v) is 2.86. The fraction of sp³-hybridized carbons (Fsp3) is 0.765. The van der Waals surface area contributed by atoms with Gasteiger partial charge in [-0.25, -0.2) is 4.79 Å². The molecule has 0 aromatic carbocycles. The first kappa shape index (κ1) is 18.7. The highest BCUT2D eigenvalue weighted by atomic mass is 16.6. The van der Waals surface area contributed by atoms with E-state index in [1.165, 1.54) is 0 Å². The Morgan fingerprint density at radius 1 is 1.36 bits per heavy atom. The monoisotopic (exact) mass is 312 g/mol. The first-order valence-electron chi connectivity index (χ1n) is 7.89. The lowest BCUT2D eigenvalue weighted by molar-refractivity contribution is -0.167. The van der Waals surface area contributed by atoms with Crippen molar-refractivity contribution < 1.29 is 24.2 Å². The minimum atomic E-state index is -1.13. The summed E-state index contributed by atoms with van der Waals surface area (Å²) in [6, 6.07) is 0. The zero-order chi connectivity index (χ0) is 16.9. The Bertz CT molecular complexity index is 430. The third kappa shape index (κ3) is 4.57. The molecule has 1 rings (SSSR count). The highest BCUT2D eigenvalue weighted by Gasteiger charge is 2.44. The average Bonchev–Trinajstić information content (AvgIpc) is 2.79. The molecule has 1 N–H and O–H groups in total. The van der Waals surface area contributed by atoms with Crippen LogP contribution in [0.1, 0.15) is 47.5 Å². The Morgan fingerprint density at radius 3 is 2.36 bits per heavy atom. The van der Waals surface area contributed by atoms with E-state index in [1.54, 1.807) is 13.0 Å². The Labute approximate surface area is 132 Å². The summed E-state index contributed by atoms with van der Waals surface area (Å²) in [6.45, 7) is 9.63. The number of esters is 2. The zero-order valence-corrected chi connectivity index (χ0v) is 14.2. The molecule has 1 aliphatic rings. The molecule has 0 aliphatic carbocycles. The molecule has 1 aliphatic heterocycles. The molecule has 5 heteroatoms. The predicted octanol–water partition coefficient (Wildman–Crippen LogP) is 2.47. The van der Waals surface area contributed by atoms with E-state index in [-0.39, 0.29) is 31.5 Å². The van der Waals surface area contributed by atoms with Crippen LogP contribution in [0.3, 0.4) is 0 Å². The highest BCUT2D eigenvalue weighted by molar-refractivity contribution is 5.91. The molecular formula is C17H28O5. The molecule has 1 fully saturated rings.